The number of carbonyl (C=O) groups excluding carboxylic acids is 6. The number of thioether (sulfide) groups is 1. The van der Waals surface area contributed by atoms with E-state index in [4.69, 9.17) is 0 Å². The number of β-lactam (4-membered cyclic amide) rings is 1. The fraction of sp³-hybridized carbons (Fsp3) is 0.478. The molecule has 0 aromatic heterocycles. The first-order valence-corrected chi connectivity index (χ1v) is 12.3. The van der Waals surface area contributed by atoms with Crippen molar-refractivity contribution in [3.63, 3.8) is 0 Å². The maximum Gasteiger partial charge on any atom is 1.00 e. The van der Waals surface area contributed by atoms with E-state index in [1.165, 1.54) is 21.6 Å². The molecule has 3 aliphatic heterocycles. The van der Waals surface area contributed by atoms with Gasteiger partial charge in [-0.2, -0.15) is 0 Å². The van der Waals surface area contributed by atoms with Crippen LogP contribution in [-0.4, -0.2) is 97.6 Å². The SMILES string of the molecule is CCN1CCN(C(=O)N[C@@H](C(=O)N[C@@H]2C(=O)N3[C@@H]2SC(C)(C)[C@@H]3C(=O)[O-])c2ccccc2)C(=O)C1=O.O.[Na+]. The van der Waals surface area contributed by atoms with Crippen LogP contribution in [0.5, 0.6) is 0 Å². The summed E-state index contributed by atoms with van der Waals surface area (Å²) in [5.74, 6) is -4.44. The van der Waals surface area contributed by atoms with Crippen LogP contribution in [0.1, 0.15) is 32.4 Å². The number of hydrogen-bond acceptors (Lipinski definition) is 8. The quantitative estimate of drug-likeness (QED) is 0.197. The number of rotatable bonds is 6. The molecule has 38 heavy (non-hydrogen) atoms. The zero-order chi connectivity index (χ0) is 26.4. The summed E-state index contributed by atoms with van der Waals surface area (Å²) in [7, 11) is 0. The summed E-state index contributed by atoms with van der Waals surface area (Å²) in [6.45, 7) is 5.58. The molecule has 0 unspecified atom stereocenters. The Hall–Kier alpha value is -2.65. The van der Waals surface area contributed by atoms with E-state index < -0.39 is 63.9 Å². The maximum atomic E-state index is 13.3. The molecule has 4 rings (SSSR count). The molecular weight excluding hydrogens is 529 g/mol. The molecule has 15 heteroatoms. The van der Waals surface area contributed by atoms with Gasteiger partial charge in [-0.25, -0.2) is 4.79 Å². The van der Waals surface area contributed by atoms with Crippen molar-refractivity contribution in [2.45, 2.75) is 49.0 Å². The number of fused-ring (bicyclic) bond motifs is 1. The zero-order valence-electron chi connectivity index (χ0n) is 21.4. The van der Waals surface area contributed by atoms with Crippen molar-refractivity contribution in [3.8, 4) is 0 Å². The molecular formula is C23H28N5NaO8S. The number of imide groups is 1. The van der Waals surface area contributed by atoms with Crippen molar-refractivity contribution >= 4 is 47.4 Å². The predicted molar refractivity (Wildman–Crippen MR) is 128 cm³/mol. The van der Waals surface area contributed by atoms with Gasteiger partial charge in [0.05, 0.1) is 12.0 Å². The van der Waals surface area contributed by atoms with Gasteiger partial charge >= 0.3 is 47.4 Å². The number of urea groups is 1. The first-order valence-electron chi connectivity index (χ1n) is 11.5. The minimum atomic E-state index is -1.37. The number of nitrogens with zero attached hydrogens (tertiary/aromatic N) is 3. The topological polar surface area (TPSA) is 191 Å². The minimum Gasteiger partial charge on any atom is -0.548 e. The molecule has 0 saturated carbocycles. The first kappa shape index (κ1) is 31.6. The van der Waals surface area contributed by atoms with Gasteiger partial charge in [-0.1, -0.05) is 30.3 Å². The van der Waals surface area contributed by atoms with Gasteiger partial charge in [0.25, 0.3) is 0 Å². The summed E-state index contributed by atoms with van der Waals surface area (Å²) in [6.07, 6.45) is 0. The average molecular weight is 558 g/mol. The predicted octanol–water partition coefficient (Wildman–Crippen LogP) is -5.40. The number of piperazine rings is 1. The van der Waals surface area contributed by atoms with Gasteiger partial charge in [-0.05, 0) is 26.3 Å². The molecule has 0 bridgehead atoms. The maximum absolute atomic E-state index is 13.3. The fourth-order valence-corrected chi connectivity index (χ4v) is 6.30. The van der Waals surface area contributed by atoms with Crippen LogP contribution >= 0.6 is 11.8 Å². The van der Waals surface area contributed by atoms with Crippen LogP contribution in [0, 0.1) is 0 Å². The third-order valence-electron chi connectivity index (χ3n) is 6.56. The van der Waals surface area contributed by atoms with Gasteiger partial charge in [0.15, 0.2) is 0 Å². The van der Waals surface area contributed by atoms with Crippen LogP contribution < -0.4 is 45.3 Å². The standard InChI is InChI=1S/C23H27N5O7S.Na.H2O/c1-4-26-10-11-27(19(32)18(26)31)22(35)25-13(12-8-6-5-7-9-12)16(29)24-14-17(30)28-15(21(33)34)23(2,3)36-20(14)28;;/h5-9,13-15,20H,4,10-11H2,1-3H3,(H,24,29)(H,25,35)(H,33,34);;1H2/q;+1;/p-1/t13-,14-,15+,20-;;/m1../s1. The average Bonchev–Trinajstić information content (AvgIpc) is 3.10. The van der Waals surface area contributed by atoms with Crippen molar-refractivity contribution in [1.82, 2.24) is 25.3 Å². The van der Waals surface area contributed by atoms with Gasteiger partial charge < -0.3 is 35.8 Å². The smallest absolute Gasteiger partial charge is 0.548 e. The van der Waals surface area contributed by atoms with E-state index in [9.17, 15) is 33.9 Å². The van der Waals surface area contributed by atoms with Gasteiger partial charge in [0.1, 0.15) is 17.5 Å². The molecule has 3 aliphatic rings. The number of aliphatic carboxylic acids is 1. The molecule has 200 valence electrons. The van der Waals surface area contributed by atoms with Crippen molar-refractivity contribution in [2.24, 2.45) is 0 Å². The molecule has 3 saturated heterocycles. The Bertz CT molecular complexity index is 1140. The molecule has 0 spiro atoms. The van der Waals surface area contributed by atoms with Gasteiger partial charge in [-0.15, -0.1) is 11.8 Å². The van der Waals surface area contributed by atoms with Crippen LogP contribution in [0.3, 0.4) is 0 Å². The number of carboxylic acids is 1. The molecule has 4 atom stereocenters. The number of amides is 6. The largest absolute Gasteiger partial charge is 1.00 e. The van der Waals surface area contributed by atoms with Crippen LogP contribution in [0.25, 0.3) is 0 Å². The summed E-state index contributed by atoms with van der Waals surface area (Å²) in [6, 6.07) is 3.92. The Labute approximate surface area is 245 Å². The minimum absolute atomic E-state index is 0. The monoisotopic (exact) mass is 557 g/mol. The van der Waals surface area contributed by atoms with Crippen LogP contribution in [0.15, 0.2) is 30.3 Å². The van der Waals surface area contributed by atoms with Crippen molar-refractivity contribution in [2.75, 3.05) is 19.6 Å². The second-order valence-electron chi connectivity index (χ2n) is 9.20. The van der Waals surface area contributed by atoms with E-state index in [-0.39, 0.29) is 48.1 Å². The molecule has 0 aliphatic carbocycles. The zero-order valence-corrected chi connectivity index (χ0v) is 24.2. The van der Waals surface area contributed by atoms with Crippen molar-refractivity contribution in [1.29, 1.82) is 0 Å². The number of carbonyl (C=O) groups is 6. The van der Waals surface area contributed by atoms with E-state index in [1.54, 1.807) is 51.1 Å². The molecule has 13 nitrogen and oxygen atoms in total. The summed E-state index contributed by atoms with van der Waals surface area (Å²) in [4.78, 5) is 78.6. The molecule has 0 radical (unpaired) electrons. The van der Waals surface area contributed by atoms with Crippen molar-refractivity contribution < 1.29 is 68.9 Å². The van der Waals surface area contributed by atoms with Gasteiger partial charge in [0.2, 0.25) is 11.8 Å². The molecule has 1 aromatic carbocycles. The Balaban J connectivity index is 0.00000253. The van der Waals surface area contributed by atoms with Gasteiger partial charge in [0, 0.05) is 24.4 Å². The second-order valence-corrected chi connectivity index (χ2v) is 11.0. The van der Waals surface area contributed by atoms with E-state index >= 15 is 0 Å². The van der Waals surface area contributed by atoms with E-state index in [0.29, 0.717) is 12.1 Å². The normalized spacial score (nSPS) is 24.3. The molecule has 3 fully saturated rings. The molecule has 4 N–H and O–H groups in total. The van der Waals surface area contributed by atoms with Crippen LogP contribution in [-0.2, 0) is 24.0 Å². The second kappa shape index (κ2) is 12.0. The molecule has 1 aromatic rings. The fourth-order valence-electron chi connectivity index (χ4n) is 4.68. The van der Waals surface area contributed by atoms with E-state index in [1.807, 2.05) is 0 Å². The Morgan fingerprint density at radius 3 is 2.32 bits per heavy atom. The van der Waals surface area contributed by atoms with Crippen LogP contribution in [0.2, 0.25) is 0 Å². The van der Waals surface area contributed by atoms with Gasteiger partial charge in [-0.3, -0.25) is 24.1 Å². The molecule has 3 heterocycles. The molecule has 6 amide bonds. The first-order chi connectivity index (χ1) is 17.0. The number of benzene rings is 1. The number of carboxylic acid groups (broad SMARTS) is 1. The Morgan fingerprint density at radius 2 is 1.74 bits per heavy atom. The van der Waals surface area contributed by atoms with Crippen LogP contribution in [0.4, 0.5) is 4.79 Å². The Kier molecular flexibility index (Phi) is 9.99. The number of nitrogens with one attached hydrogen (secondary N) is 2. The number of hydrogen-bond donors (Lipinski definition) is 2. The summed E-state index contributed by atoms with van der Waals surface area (Å²) < 4.78 is -0.820. The third kappa shape index (κ3) is 5.54. The summed E-state index contributed by atoms with van der Waals surface area (Å²) in [5.41, 5.74) is 0.393. The van der Waals surface area contributed by atoms with E-state index in [0.717, 1.165) is 4.90 Å². The van der Waals surface area contributed by atoms with Crippen molar-refractivity contribution in [3.05, 3.63) is 35.9 Å². The van der Waals surface area contributed by atoms with E-state index in [2.05, 4.69) is 10.6 Å². The Morgan fingerprint density at radius 1 is 1.11 bits per heavy atom. The third-order valence-corrected chi connectivity index (χ3v) is 8.13. The summed E-state index contributed by atoms with van der Waals surface area (Å²) >= 11 is 1.24. The number of likely N-dealkylation sites (N-methyl/N-ethyl adjacent to an activating group) is 1. The summed E-state index contributed by atoms with van der Waals surface area (Å²) in [5, 5.41) is 16.1.